The van der Waals surface area contributed by atoms with Gasteiger partial charge in [0.1, 0.15) is 5.52 Å². The zero-order valence-corrected chi connectivity index (χ0v) is 11.2. The van der Waals surface area contributed by atoms with Crippen molar-refractivity contribution in [2.45, 2.75) is 25.3 Å². The average molecular weight is 260 g/mol. The van der Waals surface area contributed by atoms with Crippen LogP contribution in [0.3, 0.4) is 0 Å². The van der Waals surface area contributed by atoms with Gasteiger partial charge < -0.3 is 15.4 Å². The van der Waals surface area contributed by atoms with E-state index in [9.17, 15) is 5.21 Å². The molecule has 1 aromatic carbocycles. The molecule has 2 N–H and O–H groups in total. The third-order valence-corrected chi connectivity index (χ3v) is 3.97. The van der Waals surface area contributed by atoms with Crippen LogP contribution in [0.5, 0.6) is 0 Å². The smallest absolute Gasteiger partial charge is 0.237 e. The van der Waals surface area contributed by atoms with E-state index in [2.05, 4.69) is 22.2 Å². The van der Waals surface area contributed by atoms with Crippen molar-refractivity contribution in [3.63, 3.8) is 0 Å². The quantitative estimate of drug-likeness (QED) is 0.827. The molecule has 0 amide bonds. The SMILES string of the molecule is CN1CCCC1CCNc1nc2ccccc2n1O. The van der Waals surface area contributed by atoms with Gasteiger partial charge >= 0.3 is 0 Å². The Balaban J connectivity index is 1.63. The number of aromatic nitrogens is 2. The summed E-state index contributed by atoms with van der Waals surface area (Å²) >= 11 is 0. The summed E-state index contributed by atoms with van der Waals surface area (Å²) in [6.07, 6.45) is 3.65. The molecule has 5 nitrogen and oxygen atoms in total. The summed E-state index contributed by atoms with van der Waals surface area (Å²) < 4.78 is 1.13. The Labute approximate surface area is 112 Å². The maximum Gasteiger partial charge on any atom is 0.237 e. The molecule has 1 atom stereocenters. The van der Waals surface area contributed by atoms with Crippen LogP contribution in [0.25, 0.3) is 11.0 Å². The normalized spacial score (nSPS) is 20.2. The van der Waals surface area contributed by atoms with Crippen LogP contribution in [0.2, 0.25) is 0 Å². The molecule has 1 saturated heterocycles. The van der Waals surface area contributed by atoms with Gasteiger partial charge in [-0.2, -0.15) is 0 Å². The number of rotatable bonds is 4. The molecule has 0 radical (unpaired) electrons. The highest BCUT2D eigenvalue weighted by Crippen LogP contribution is 2.19. The van der Waals surface area contributed by atoms with Crippen molar-refractivity contribution in [1.82, 2.24) is 14.6 Å². The Hall–Kier alpha value is -1.75. The van der Waals surface area contributed by atoms with Crippen molar-refractivity contribution in [2.75, 3.05) is 25.5 Å². The van der Waals surface area contributed by atoms with E-state index >= 15 is 0 Å². The van der Waals surface area contributed by atoms with E-state index in [4.69, 9.17) is 0 Å². The van der Waals surface area contributed by atoms with Crippen molar-refractivity contribution >= 4 is 17.0 Å². The van der Waals surface area contributed by atoms with E-state index in [1.807, 2.05) is 24.3 Å². The first-order valence-corrected chi connectivity index (χ1v) is 6.86. The topological polar surface area (TPSA) is 53.3 Å². The van der Waals surface area contributed by atoms with Gasteiger partial charge in [-0.25, -0.2) is 4.98 Å². The molecule has 5 heteroatoms. The fourth-order valence-corrected chi connectivity index (χ4v) is 2.82. The van der Waals surface area contributed by atoms with Gasteiger partial charge in [0.25, 0.3) is 0 Å². The first-order chi connectivity index (χ1) is 9.25. The summed E-state index contributed by atoms with van der Waals surface area (Å²) in [5.41, 5.74) is 1.55. The maximum absolute atomic E-state index is 10.0. The summed E-state index contributed by atoms with van der Waals surface area (Å²) in [6.45, 7) is 2.03. The van der Waals surface area contributed by atoms with Crippen molar-refractivity contribution in [1.29, 1.82) is 0 Å². The molecule has 0 spiro atoms. The number of anilines is 1. The Bertz CT molecular complexity index is 566. The summed E-state index contributed by atoms with van der Waals surface area (Å²) in [4.78, 5) is 6.79. The molecule has 1 aliphatic heterocycles. The van der Waals surface area contributed by atoms with Crippen LogP contribution in [-0.2, 0) is 0 Å². The van der Waals surface area contributed by atoms with Crippen LogP contribution in [0.4, 0.5) is 5.95 Å². The van der Waals surface area contributed by atoms with Crippen molar-refractivity contribution in [2.24, 2.45) is 0 Å². The van der Waals surface area contributed by atoms with Gasteiger partial charge in [0.15, 0.2) is 0 Å². The molecular formula is C14H20N4O. The second-order valence-corrected chi connectivity index (χ2v) is 5.23. The molecule has 1 aromatic heterocycles. The second-order valence-electron chi connectivity index (χ2n) is 5.23. The lowest BCUT2D eigenvalue weighted by molar-refractivity contribution is 0.203. The Morgan fingerprint density at radius 3 is 3.00 bits per heavy atom. The number of likely N-dealkylation sites (tertiary alicyclic amines) is 1. The Morgan fingerprint density at radius 2 is 2.26 bits per heavy atom. The standard InChI is InChI=1S/C14H20N4O/c1-17-10-4-5-11(17)8-9-15-14-16-12-6-2-3-7-13(12)18(14)19/h2-3,6-7,11,19H,4-5,8-10H2,1H3,(H,15,16). The summed E-state index contributed by atoms with van der Waals surface area (Å²) in [6, 6.07) is 8.24. The molecule has 1 fully saturated rings. The zero-order valence-electron chi connectivity index (χ0n) is 11.2. The highest BCUT2D eigenvalue weighted by Gasteiger charge is 2.20. The summed E-state index contributed by atoms with van der Waals surface area (Å²) in [5.74, 6) is 0.529. The number of hydrogen-bond donors (Lipinski definition) is 2. The predicted molar refractivity (Wildman–Crippen MR) is 75.7 cm³/mol. The lowest BCUT2D eigenvalue weighted by Gasteiger charge is -2.19. The van der Waals surface area contributed by atoms with E-state index in [1.54, 1.807) is 0 Å². The van der Waals surface area contributed by atoms with E-state index < -0.39 is 0 Å². The molecule has 102 valence electrons. The van der Waals surface area contributed by atoms with Crippen molar-refractivity contribution < 1.29 is 5.21 Å². The largest absolute Gasteiger partial charge is 0.425 e. The van der Waals surface area contributed by atoms with Gasteiger partial charge in [0.05, 0.1) is 5.52 Å². The maximum atomic E-state index is 10.0. The van der Waals surface area contributed by atoms with Gasteiger partial charge in [-0.05, 0) is 45.0 Å². The number of nitrogens with one attached hydrogen (secondary N) is 1. The van der Waals surface area contributed by atoms with Gasteiger partial charge in [-0.1, -0.05) is 12.1 Å². The molecule has 2 heterocycles. The average Bonchev–Trinajstić information content (AvgIpc) is 2.96. The minimum Gasteiger partial charge on any atom is -0.425 e. The highest BCUT2D eigenvalue weighted by atomic mass is 16.5. The van der Waals surface area contributed by atoms with E-state index in [0.717, 1.165) is 28.7 Å². The fourth-order valence-electron chi connectivity index (χ4n) is 2.82. The minimum atomic E-state index is 0.529. The van der Waals surface area contributed by atoms with Gasteiger partial charge in [-0.3, -0.25) is 0 Å². The zero-order chi connectivity index (χ0) is 13.2. The third kappa shape index (κ3) is 2.38. The third-order valence-electron chi connectivity index (χ3n) is 3.97. The monoisotopic (exact) mass is 260 g/mol. The van der Waals surface area contributed by atoms with Crippen LogP contribution >= 0.6 is 0 Å². The van der Waals surface area contributed by atoms with Crippen LogP contribution in [0, 0.1) is 0 Å². The number of nitrogens with zero attached hydrogens (tertiary/aromatic N) is 3. The minimum absolute atomic E-state index is 0.529. The highest BCUT2D eigenvalue weighted by molar-refractivity contribution is 5.77. The van der Waals surface area contributed by atoms with Crippen LogP contribution in [0.15, 0.2) is 24.3 Å². The number of hydrogen-bond acceptors (Lipinski definition) is 4. The van der Waals surface area contributed by atoms with E-state index in [0.29, 0.717) is 12.0 Å². The van der Waals surface area contributed by atoms with Crippen molar-refractivity contribution in [3.8, 4) is 0 Å². The number of benzene rings is 1. The molecule has 0 aliphatic carbocycles. The molecule has 0 bridgehead atoms. The van der Waals surface area contributed by atoms with Gasteiger partial charge in [0, 0.05) is 12.6 Å². The lowest BCUT2D eigenvalue weighted by atomic mass is 10.1. The number of fused-ring (bicyclic) bond motifs is 1. The summed E-state index contributed by atoms with van der Waals surface area (Å²) in [7, 11) is 2.18. The number of para-hydroxylation sites is 2. The molecule has 0 saturated carbocycles. The fraction of sp³-hybridized carbons (Fsp3) is 0.500. The molecule has 1 unspecified atom stereocenters. The van der Waals surface area contributed by atoms with E-state index in [-0.39, 0.29) is 0 Å². The van der Waals surface area contributed by atoms with Crippen LogP contribution in [0.1, 0.15) is 19.3 Å². The molecule has 1 aliphatic rings. The first kappa shape index (κ1) is 12.3. The molecule has 19 heavy (non-hydrogen) atoms. The van der Waals surface area contributed by atoms with Gasteiger partial charge in [0.2, 0.25) is 5.95 Å². The Kier molecular flexibility index (Phi) is 3.29. The summed E-state index contributed by atoms with van der Waals surface area (Å²) in [5, 5.41) is 13.2. The molecule has 2 aromatic rings. The second kappa shape index (κ2) is 5.09. The van der Waals surface area contributed by atoms with Crippen molar-refractivity contribution in [3.05, 3.63) is 24.3 Å². The van der Waals surface area contributed by atoms with E-state index in [1.165, 1.54) is 19.4 Å². The van der Waals surface area contributed by atoms with Gasteiger partial charge in [-0.15, -0.1) is 4.73 Å². The molecule has 3 rings (SSSR count). The molecular weight excluding hydrogens is 240 g/mol. The predicted octanol–water partition coefficient (Wildman–Crippen LogP) is 2.17. The number of imidazole rings is 1. The lowest BCUT2D eigenvalue weighted by Crippen LogP contribution is -2.27. The van der Waals surface area contributed by atoms with Crippen LogP contribution in [-0.4, -0.2) is 46.0 Å². The first-order valence-electron chi connectivity index (χ1n) is 6.86. The Morgan fingerprint density at radius 1 is 1.42 bits per heavy atom. The van der Waals surface area contributed by atoms with Crippen LogP contribution < -0.4 is 5.32 Å².